The monoisotopic (exact) mass is 259 g/mol. The van der Waals surface area contributed by atoms with Crippen LogP contribution in [0.3, 0.4) is 0 Å². The maximum absolute atomic E-state index is 11.7. The average molecular weight is 259 g/mol. The first-order chi connectivity index (χ1) is 9.15. The van der Waals surface area contributed by atoms with Gasteiger partial charge in [-0.05, 0) is 18.9 Å². The number of carbonyl (C=O) groups is 1. The number of pyridine rings is 1. The minimum absolute atomic E-state index is 0.0404. The van der Waals surface area contributed by atoms with Crippen molar-refractivity contribution in [1.82, 2.24) is 10.3 Å². The highest BCUT2D eigenvalue weighted by Crippen LogP contribution is 2.25. The van der Waals surface area contributed by atoms with Gasteiger partial charge in [0.15, 0.2) is 0 Å². The standard InChI is InChI=1S/C13H17N5O/c1-16-13(19)9-3-2-4-18(8-9)12-10(6-14)5-11(15)7-17-12/h5,7,9H,2-4,8,15H2,1H3,(H,16,19). The van der Waals surface area contributed by atoms with Crippen molar-refractivity contribution >= 4 is 17.4 Å². The summed E-state index contributed by atoms with van der Waals surface area (Å²) in [6.45, 7) is 1.39. The predicted molar refractivity (Wildman–Crippen MR) is 72.4 cm³/mol. The van der Waals surface area contributed by atoms with Gasteiger partial charge in [0.2, 0.25) is 5.91 Å². The fourth-order valence-corrected chi connectivity index (χ4v) is 2.40. The summed E-state index contributed by atoms with van der Waals surface area (Å²) in [5.74, 6) is 0.605. The predicted octanol–water partition coefficient (Wildman–Crippen LogP) is 0.498. The van der Waals surface area contributed by atoms with E-state index < -0.39 is 0 Å². The van der Waals surface area contributed by atoms with Crippen molar-refractivity contribution in [3.05, 3.63) is 17.8 Å². The Balaban J connectivity index is 2.22. The van der Waals surface area contributed by atoms with Gasteiger partial charge in [-0.15, -0.1) is 0 Å². The number of nitrogens with one attached hydrogen (secondary N) is 1. The molecule has 1 fully saturated rings. The molecule has 0 aromatic carbocycles. The fraction of sp³-hybridized carbons (Fsp3) is 0.462. The van der Waals surface area contributed by atoms with Gasteiger partial charge in [-0.1, -0.05) is 0 Å². The number of rotatable bonds is 2. The van der Waals surface area contributed by atoms with Gasteiger partial charge >= 0.3 is 0 Å². The molecule has 19 heavy (non-hydrogen) atoms. The molecule has 0 bridgehead atoms. The molecule has 1 amide bonds. The smallest absolute Gasteiger partial charge is 0.224 e. The van der Waals surface area contributed by atoms with Crippen LogP contribution in [-0.2, 0) is 4.79 Å². The number of nitrogen functional groups attached to an aromatic ring is 1. The van der Waals surface area contributed by atoms with Gasteiger partial charge in [0.1, 0.15) is 11.9 Å². The maximum Gasteiger partial charge on any atom is 0.224 e. The number of piperidine rings is 1. The van der Waals surface area contributed by atoms with Crippen molar-refractivity contribution in [2.45, 2.75) is 12.8 Å². The van der Waals surface area contributed by atoms with E-state index in [9.17, 15) is 4.79 Å². The summed E-state index contributed by atoms with van der Waals surface area (Å²) in [4.78, 5) is 17.9. The summed E-state index contributed by atoms with van der Waals surface area (Å²) >= 11 is 0. The van der Waals surface area contributed by atoms with Crippen LogP contribution in [0.25, 0.3) is 0 Å². The quantitative estimate of drug-likeness (QED) is 0.806. The number of aromatic nitrogens is 1. The molecule has 1 aromatic heterocycles. The minimum Gasteiger partial charge on any atom is -0.397 e. The Bertz CT molecular complexity index is 522. The van der Waals surface area contributed by atoms with Crippen molar-refractivity contribution in [2.75, 3.05) is 30.8 Å². The van der Waals surface area contributed by atoms with Crippen LogP contribution in [0.2, 0.25) is 0 Å². The second-order valence-electron chi connectivity index (χ2n) is 4.65. The Labute approximate surface area is 112 Å². The molecule has 1 saturated heterocycles. The molecule has 1 unspecified atom stereocenters. The van der Waals surface area contributed by atoms with E-state index >= 15 is 0 Å². The van der Waals surface area contributed by atoms with Crippen LogP contribution in [0, 0.1) is 17.2 Å². The van der Waals surface area contributed by atoms with Gasteiger partial charge in [0.25, 0.3) is 0 Å². The molecule has 6 heteroatoms. The Morgan fingerprint density at radius 2 is 2.47 bits per heavy atom. The Hall–Kier alpha value is -2.29. The van der Waals surface area contributed by atoms with Crippen molar-refractivity contribution < 1.29 is 4.79 Å². The minimum atomic E-state index is -0.0513. The average Bonchev–Trinajstić information content (AvgIpc) is 2.46. The van der Waals surface area contributed by atoms with Crippen LogP contribution >= 0.6 is 0 Å². The zero-order valence-corrected chi connectivity index (χ0v) is 10.9. The molecular formula is C13H17N5O. The lowest BCUT2D eigenvalue weighted by molar-refractivity contribution is -0.124. The van der Waals surface area contributed by atoms with Crippen LogP contribution < -0.4 is 16.0 Å². The summed E-state index contributed by atoms with van der Waals surface area (Å²) in [7, 11) is 1.64. The molecule has 0 radical (unpaired) electrons. The van der Waals surface area contributed by atoms with E-state index in [0.29, 0.717) is 23.6 Å². The van der Waals surface area contributed by atoms with Gasteiger partial charge in [-0.2, -0.15) is 5.26 Å². The van der Waals surface area contributed by atoms with E-state index in [1.807, 2.05) is 4.90 Å². The molecule has 3 N–H and O–H groups in total. The highest BCUT2D eigenvalue weighted by molar-refractivity contribution is 5.79. The van der Waals surface area contributed by atoms with Gasteiger partial charge in [0.05, 0.1) is 23.4 Å². The molecule has 0 spiro atoms. The zero-order chi connectivity index (χ0) is 13.8. The van der Waals surface area contributed by atoms with Gasteiger partial charge < -0.3 is 16.0 Å². The topological polar surface area (TPSA) is 95.0 Å². The first kappa shape index (κ1) is 13.1. The molecule has 100 valence electrons. The highest BCUT2D eigenvalue weighted by Gasteiger charge is 2.27. The largest absolute Gasteiger partial charge is 0.397 e. The summed E-state index contributed by atoms with van der Waals surface area (Å²) in [6.07, 6.45) is 3.32. The number of nitrogens with zero attached hydrogens (tertiary/aromatic N) is 3. The number of amides is 1. The molecule has 2 rings (SSSR count). The lowest BCUT2D eigenvalue weighted by Crippen LogP contribution is -2.42. The van der Waals surface area contributed by atoms with Crippen LogP contribution in [0.5, 0.6) is 0 Å². The number of anilines is 2. The van der Waals surface area contributed by atoms with E-state index in [0.717, 1.165) is 19.4 Å². The third kappa shape index (κ3) is 2.76. The number of carbonyl (C=O) groups excluding carboxylic acids is 1. The van der Waals surface area contributed by atoms with E-state index in [4.69, 9.17) is 11.0 Å². The summed E-state index contributed by atoms with van der Waals surface area (Å²) in [5, 5.41) is 11.8. The number of hydrogen-bond donors (Lipinski definition) is 2. The second kappa shape index (κ2) is 5.57. The van der Waals surface area contributed by atoms with E-state index in [2.05, 4.69) is 16.4 Å². The lowest BCUT2D eigenvalue weighted by Gasteiger charge is -2.33. The second-order valence-corrected chi connectivity index (χ2v) is 4.65. The van der Waals surface area contributed by atoms with Gasteiger partial charge in [-0.3, -0.25) is 4.79 Å². The number of nitriles is 1. The molecule has 0 saturated carbocycles. The molecule has 2 heterocycles. The normalized spacial score (nSPS) is 18.7. The van der Waals surface area contributed by atoms with Crippen LogP contribution in [-0.4, -0.2) is 31.0 Å². The fourth-order valence-electron chi connectivity index (χ4n) is 2.40. The van der Waals surface area contributed by atoms with Crippen molar-refractivity contribution in [1.29, 1.82) is 5.26 Å². The third-order valence-corrected chi connectivity index (χ3v) is 3.35. The maximum atomic E-state index is 11.7. The van der Waals surface area contributed by atoms with Gasteiger partial charge in [-0.25, -0.2) is 4.98 Å². The van der Waals surface area contributed by atoms with Crippen molar-refractivity contribution in [3.63, 3.8) is 0 Å². The SMILES string of the molecule is CNC(=O)C1CCCN(c2ncc(N)cc2C#N)C1. The van der Waals surface area contributed by atoms with Crippen LogP contribution in [0.1, 0.15) is 18.4 Å². The Morgan fingerprint density at radius 3 is 3.16 bits per heavy atom. The Kier molecular flexibility index (Phi) is 3.85. The summed E-state index contributed by atoms with van der Waals surface area (Å²) in [5.41, 5.74) is 6.56. The molecule has 1 aliphatic rings. The number of nitrogens with two attached hydrogens (primary N) is 1. The third-order valence-electron chi connectivity index (χ3n) is 3.35. The summed E-state index contributed by atoms with van der Waals surface area (Å²) in [6, 6.07) is 3.72. The number of hydrogen-bond acceptors (Lipinski definition) is 5. The van der Waals surface area contributed by atoms with Crippen LogP contribution in [0.15, 0.2) is 12.3 Å². The first-order valence-corrected chi connectivity index (χ1v) is 6.28. The van der Waals surface area contributed by atoms with E-state index in [1.54, 1.807) is 19.3 Å². The van der Waals surface area contributed by atoms with Gasteiger partial charge in [0, 0.05) is 20.1 Å². The summed E-state index contributed by atoms with van der Waals surface area (Å²) < 4.78 is 0. The van der Waals surface area contributed by atoms with E-state index in [-0.39, 0.29) is 11.8 Å². The molecule has 1 aliphatic heterocycles. The molecule has 6 nitrogen and oxygen atoms in total. The molecule has 0 aliphatic carbocycles. The molecular weight excluding hydrogens is 242 g/mol. The Morgan fingerprint density at radius 1 is 1.68 bits per heavy atom. The molecule has 1 aromatic rings. The van der Waals surface area contributed by atoms with E-state index in [1.165, 1.54) is 0 Å². The van der Waals surface area contributed by atoms with Crippen molar-refractivity contribution in [2.24, 2.45) is 5.92 Å². The zero-order valence-electron chi connectivity index (χ0n) is 10.9. The first-order valence-electron chi connectivity index (χ1n) is 6.28. The van der Waals surface area contributed by atoms with Crippen molar-refractivity contribution in [3.8, 4) is 6.07 Å². The molecule has 1 atom stereocenters. The highest BCUT2D eigenvalue weighted by atomic mass is 16.1. The lowest BCUT2D eigenvalue weighted by atomic mass is 9.97. The van der Waals surface area contributed by atoms with Crippen LogP contribution in [0.4, 0.5) is 11.5 Å².